The number of aryl methyl sites for hydroxylation is 1. The third kappa shape index (κ3) is 3.07. The van der Waals surface area contributed by atoms with Gasteiger partial charge in [0.05, 0.1) is 12.5 Å². The van der Waals surface area contributed by atoms with Gasteiger partial charge in [-0.05, 0) is 31.4 Å². The van der Waals surface area contributed by atoms with E-state index < -0.39 is 0 Å². The molecular formula is C13H20N2OS. The van der Waals surface area contributed by atoms with Gasteiger partial charge in [0.1, 0.15) is 0 Å². The van der Waals surface area contributed by atoms with Crippen LogP contribution in [0.1, 0.15) is 35.9 Å². The Bertz CT molecular complexity index is 389. The number of carbonyl (C=O) groups is 1. The Hall–Kier alpha value is -0.870. The predicted molar refractivity (Wildman–Crippen MR) is 70.9 cm³/mol. The van der Waals surface area contributed by atoms with Gasteiger partial charge in [0, 0.05) is 15.8 Å². The monoisotopic (exact) mass is 252 g/mol. The van der Waals surface area contributed by atoms with Crippen LogP contribution in [0, 0.1) is 5.92 Å². The zero-order chi connectivity index (χ0) is 12.3. The molecule has 2 atom stereocenters. The van der Waals surface area contributed by atoms with Gasteiger partial charge in [-0.3, -0.25) is 4.79 Å². The maximum atomic E-state index is 11.9. The van der Waals surface area contributed by atoms with E-state index in [0.717, 1.165) is 25.7 Å². The average Bonchev–Trinajstić information content (AvgIpc) is 2.94. The molecule has 1 aromatic rings. The Morgan fingerprint density at radius 3 is 2.82 bits per heavy atom. The SMILES string of the molecule is CCc1ccc(CNC(=O)C2CCCC2N)s1. The quantitative estimate of drug-likeness (QED) is 0.861. The highest BCUT2D eigenvalue weighted by molar-refractivity contribution is 7.11. The van der Waals surface area contributed by atoms with Crippen LogP contribution in [0.25, 0.3) is 0 Å². The predicted octanol–water partition coefficient (Wildman–Crippen LogP) is 2.05. The van der Waals surface area contributed by atoms with Crippen LogP contribution in [0.5, 0.6) is 0 Å². The highest BCUT2D eigenvalue weighted by Gasteiger charge is 2.29. The molecule has 1 aliphatic rings. The van der Waals surface area contributed by atoms with E-state index in [1.807, 2.05) is 0 Å². The number of nitrogens with two attached hydrogens (primary N) is 1. The minimum absolute atomic E-state index is 0.0283. The van der Waals surface area contributed by atoms with E-state index >= 15 is 0 Å². The molecule has 0 radical (unpaired) electrons. The first kappa shape index (κ1) is 12.6. The molecule has 4 heteroatoms. The second kappa shape index (κ2) is 5.65. The van der Waals surface area contributed by atoms with Gasteiger partial charge in [-0.15, -0.1) is 11.3 Å². The number of nitrogens with one attached hydrogen (secondary N) is 1. The molecule has 0 spiro atoms. The molecule has 2 rings (SSSR count). The minimum Gasteiger partial charge on any atom is -0.351 e. The zero-order valence-electron chi connectivity index (χ0n) is 10.2. The highest BCUT2D eigenvalue weighted by Crippen LogP contribution is 2.24. The van der Waals surface area contributed by atoms with E-state index in [0.29, 0.717) is 6.54 Å². The van der Waals surface area contributed by atoms with Gasteiger partial charge < -0.3 is 11.1 Å². The van der Waals surface area contributed by atoms with E-state index in [1.54, 1.807) is 11.3 Å². The third-order valence-electron chi connectivity index (χ3n) is 3.41. The molecule has 0 aromatic carbocycles. The molecule has 3 nitrogen and oxygen atoms in total. The van der Waals surface area contributed by atoms with Crippen molar-refractivity contribution in [3.05, 3.63) is 21.9 Å². The fraction of sp³-hybridized carbons (Fsp3) is 0.615. The van der Waals surface area contributed by atoms with Crippen molar-refractivity contribution in [3.63, 3.8) is 0 Å². The van der Waals surface area contributed by atoms with Crippen LogP contribution in [-0.4, -0.2) is 11.9 Å². The maximum Gasteiger partial charge on any atom is 0.224 e. The highest BCUT2D eigenvalue weighted by atomic mass is 32.1. The fourth-order valence-electron chi connectivity index (χ4n) is 2.33. The zero-order valence-corrected chi connectivity index (χ0v) is 11.1. The van der Waals surface area contributed by atoms with Crippen LogP contribution < -0.4 is 11.1 Å². The molecule has 1 amide bonds. The van der Waals surface area contributed by atoms with Crippen molar-refractivity contribution in [1.82, 2.24) is 5.32 Å². The molecule has 0 bridgehead atoms. The van der Waals surface area contributed by atoms with E-state index in [2.05, 4.69) is 24.4 Å². The van der Waals surface area contributed by atoms with Crippen molar-refractivity contribution in [2.24, 2.45) is 11.7 Å². The van der Waals surface area contributed by atoms with Crippen molar-refractivity contribution in [2.45, 2.75) is 45.2 Å². The number of thiophene rings is 1. The number of hydrogen-bond acceptors (Lipinski definition) is 3. The van der Waals surface area contributed by atoms with Crippen LogP contribution in [0.4, 0.5) is 0 Å². The Labute approximate surface area is 106 Å². The topological polar surface area (TPSA) is 55.1 Å². The minimum atomic E-state index is 0.0283. The summed E-state index contributed by atoms with van der Waals surface area (Å²) >= 11 is 1.77. The third-order valence-corrected chi connectivity index (χ3v) is 4.64. The normalized spacial score (nSPS) is 23.9. The van der Waals surface area contributed by atoms with Gasteiger partial charge in [0.25, 0.3) is 0 Å². The summed E-state index contributed by atoms with van der Waals surface area (Å²) in [6, 6.07) is 4.29. The first-order valence-corrected chi connectivity index (χ1v) is 7.13. The Morgan fingerprint density at radius 2 is 2.24 bits per heavy atom. The van der Waals surface area contributed by atoms with E-state index in [-0.39, 0.29) is 17.9 Å². The molecule has 17 heavy (non-hydrogen) atoms. The van der Waals surface area contributed by atoms with Crippen LogP contribution in [0.2, 0.25) is 0 Å². The molecule has 3 N–H and O–H groups in total. The van der Waals surface area contributed by atoms with Crippen molar-refractivity contribution in [3.8, 4) is 0 Å². The first-order chi connectivity index (χ1) is 8.20. The Balaban J connectivity index is 1.83. The lowest BCUT2D eigenvalue weighted by Gasteiger charge is -2.14. The lowest BCUT2D eigenvalue weighted by molar-refractivity contribution is -0.125. The average molecular weight is 252 g/mol. The van der Waals surface area contributed by atoms with Crippen molar-refractivity contribution in [1.29, 1.82) is 0 Å². The number of carbonyl (C=O) groups excluding carboxylic acids is 1. The molecule has 1 aliphatic carbocycles. The summed E-state index contributed by atoms with van der Waals surface area (Å²) in [5.74, 6) is 0.155. The van der Waals surface area contributed by atoms with Gasteiger partial charge in [-0.1, -0.05) is 13.3 Å². The van der Waals surface area contributed by atoms with E-state index in [9.17, 15) is 4.79 Å². The molecule has 2 unspecified atom stereocenters. The molecule has 1 fully saturated rings. The summed E-state index contributed by atoms with van der Waals surface area (Å²) in [5, 5.41) is 3.00. The van der Waals surface area contributed by atoms with Crippen LogP contribution in [-0.2, 0) is 17.8 Å². The Kier molecular flexibility index (Phi) is 4.18. The smallest absolute Gasteiger partial charge is 0.224 e. The van der Waals surface area contributed by atoms with E-state index in [4.69, 9.17) is 5.73 Å². The second-order valence-corrected chi connectivity index (χ2v) is 5.89. The van der Waals surface area contributed by atoms with Crippen molar-refractivity contribution >= 4 is 17.2 Å². The summed E-state index contributed by atoms with van der Waals surface area (Å²) in [7, 11) is 0. The number of hydrogen-bond donors (Lipinski definition) is 2. The largest absolute Gasteiger partial charge is 0.351 e. The molecule has 1 saturated carbocycles. The summed E-state index contributed by atoms with van der Waals surface area (Å²) in [6.07, 6.45) is 4.07. The lowest BCUT2D eigenvalue weighted by atomic mass is 10.0. The molecular weight excluding hydrogens is 232 g/mol. The van der Waals surface area contributed by atoms with Crippen molar-refractivity contribution in [2.75, 3.05) is 0 Å². The van der Waals surface area contributed by atoms with Crippen molar-refractivity contribution < 1.29 is 4.79 Å². The van der Waals surface area contributed by atoms with Gasteiger partial charge in [0.15, 0.2) is 0 Å². The number of rotatable bonds is 4. The molecule has 0 aliphatic heterocycles. The number of amides is 1. The first-order valence-electron chi connectivity index (χ1n) is 6.31. The summed E-state index contributed by atoms with van der Waals surface area (Å²) in [6.45, 7) is 2.79. The molecule has 0 saturated heterocycles. The van der Waals surface area contributed by atoms with E-state index in [1.165, 1.54) is 9.75 Å². The standard InChI is InChI=1S/C13H20N2OS/c1-2-9-6-7-10(17-9)8-15-13(16)11-4-3-5-12(11)14/h6-7,11-12H,2-5,8,14H2,1H3,(H,15,16). The lowest BCUT2D eigenvalue weighted by Crippen LogP contribution is -2.38. The molecule has 1 heterocycles. The van der Waals surface area contributed by atoms with Gasteiger partial charge in [-0.25, -0.2) is 0 Å². The summed E-state index contributed by atoms with van der Waals surface area (Å²) in [4.78, 5) is 14.5. The summed E-state index contributed by atoms with van der Waals surface area (Å²) in [5.41, 5.74) is 5.92. The van der Waals surface area contributed by atoms with Gasteiger partial charge in [0.2, 0.25) is 5.91 Å². The maximum absolute atomic E-state index is 11.9. The van der Waals surface area contributed by atoms with Crippen LogP contribution in [0.15, 0.2) is 12.1 Å². The molecule has 94 valence electrons. The Morgan fingerprint density at radius 1 is 1.47 bits per heavy atom. The van der Waals surface area contributed by atoms with Gasteiger partial charge in [-0.2, -0.15) is 0 Å². The second-order valence-electron chi connectivity index (χ2n) is 4.64. The van der Waals surface area contributed by atoms with Crippen LogP contribution in [0.3, 0.4) is 0 Å². The van der Waals surface area contributed by atoms with Crippen LogP contribution >= 0.6 is 11.3 Å². The molecule has 1 aromatic heterocycles. The fourth-order valence-corrected chi connectivity index (χ4v) is 3.22. The summed E-state index contributed by atoms with van der Waals surface area (Å²) < 4.78 is 0. The van der Waals surface area contributed by atoms with Gasteiger partial charge >= 0.3 is 0 Å².